The van der Waals surface area contributed by atoms with Crippen LogP contribution in [0, 0.1) is 6.92 Å². The Balaban J connectivity index is 1.74. The van der Waals surface area contributed by atoms with E-state index in [2.05, 4.69) is 60.0 Å². The number of hydrogen-bond acceptors (Lipinski definition) is 2. The molecule has 0 aliphatic heterocycles. The predicted octanol–water partition coefficient (Wildman–Crippen LogP) is 3.51. The molecule has 3 heteroatoms. The highest BCUT2D eigenvalue weighted by Gasteiger charge is 2.43. The molecule has 2 unspecified atom stereocenters. The quantitative estimate of drug-likeness (QED) is 0.850. The minimum Gasteiger partial charge on any atom is -0.334 e. The van der Waals surface area contributed by atoms with Crippen molar-refractivity contribution in [3.05, 3.63) is 70.3 Å². The van der Waals surface area contributed by atoms with Gasteiger partial charge in [0, 0.05) is 13.0 Å². The van der Waals surface area contributed by atoms with Gasteiger partial charge in [-0.25, -0.2) is 0 Å². The van der Waals surface area contributed by atoms with Crippen LogP contribution < -0.4 is 10.6 Å². The number of carbonyl (C=O) groups is 1. The second kappa shape index (κ2) is 5.75. The van der Waals surface area contributed by atoms with Crippen molar-refractivity contribution in [1.82, 2.24) is 10.6 Å². The van der Waals surface area contributed by atoms with Gasteiger partial charge in [-0.05, 0) is 60.4 Å². The number of amides is 1. The van der Waals surface area contributed by atoms with Crippen molar-refractivity contribution in [2.45, 2.75) is 51.2 Å². The van der Waals surface area contributed by atoms with E-state index >= 15 is 0 Å². The zero-order valence-electron chi connectivity index (χ0n) is 14.4. The summed E-state index contributed by atoms with van der Waals surface area (Å²) in [6.45, 7) is 3.76. The van der Waals surface area contributed by atoms with Gasteiger partial charge in [-0.15, -0.1) is 0 Å². The van der Waals surface area contributed by atoms with Crippen LogP contribution in [0.15, 0.2) is 42.5 Å². The van der Waals surface area contributed by atoms with Crippen molar-refractivity contribution < 1.29 is 4.79 Å². The highest BCUT2D eigenvalue weighted by atomic mass is 16.1. The Labute approximate surface area is 143 Å². The maximum absolute atomic E-state index is 12.0. The van der Waals surface area contributed by atoms with Crippen LogP contribution in [0.25, 0.3) is 0 Å². The molecule has 0 saturated carbocycles. The molecule has 0 spiro atoms. The zero-order valence-corrected chi connectivity index (χ0v) is 14.4. The first kappa shape index (κ1) is 15.4. The molecule has 0 heterocycles. The molecule has 124 valence electrons. The van der Waals surface area contributed by atoms with Gasteiger partial charge < -0.3 is 5.32 Å². The summed E-state index contributed by atoms with van der Waals surface area (Å²) in [7, 11) is 0. The van der Waals surface area contributed by atoms with Crippen LogP contribution in [-0.2, 0) is 23.3 Å². The monoisotopic (exact) mass is 320 g/mol. The lowest BCUT2D eigenvalue weighted by molar-refractivity contribution is -0.121. The van der Waals surface area contributed by atoms with Crippen LogP contribution in [-0.4, -0.2) is 5.91 Å². The molecule has 0 aromatic heterocycles. The van der Waals surface area contributed by atoms with Gasteiger partial charge in [0.15, 0.2) is 0 Å². The topological polar surface area (TPSA) is 41.1 Å². The van der Waals surface area contributed by atoms with Gasteiger partial charge in [0.1, 0.15) is 5.66 Å². The van der Waals surface area contributed by atoms with Gasteiger partial charge in [-0.3, -0.25) is 10.1 Å². The molecule has 0 bridgehead atoms. The van der Waals surface area contributed by atoms with E-state index in [-0.39, 0.29) is 5.91 Å². The third-order valence-electron chi connectivity index (χ3n) is 5.50. The molecule has 4 rings (SSSR count). The molecule has 2 atom stereocenters. The fourth-order valence-electron chi connectivity index (χ4n) is 4.61. The molecule has 2 aromatic carbocycles. The lowest BCUT2D eigenvalue weighted by Gasteiger charge is -2.36. The van der Waals surface area contributed by atoms with Crippen LogP contribution in [0.2, 0.25) is 0 Å². The molecule has 0 saturated heterocycles. The number of rotatable bonds is 3. The van der Waals surface area contributed by atoms with Crippen LogP contribution in [0.4, 0.5) is 0 Å². The summed E-state index contributed by atoms with van der Waals surface area (Å²) >= 11 is 0. The molecule has 2 aliphatic rings. The van der Waals surface area contributed by atoms with E-state index in [1.165, 1.54) is 27.8 Å². The van der Waals surface area contributed by atoms with Crippen molar-refractivity contribution in [2.75, 3.05) is 0 Å². The van der Waals surface area contributed by atoms with E-state index in [4.69, 9.17) is 0 Å². The summed E-state index contributed by atoms with van der Waals surface area (Å²) in [5.74, 6) is 0.0184. The first-order valence-corrected chi connectivity index (χ1v) is 8.82. The van der Waals surface area contributed by atoms with Crippen LogP contribution in [0.1, 0.15) is 53.6 Å². The van der Waals surface area contributed by atoms with E-state index in [1.807, 2.05) is 0 Å². The number of nitrogens with one attached hydrogen (secondary N) is 2. The van der Waals surface area contributed by atoms with Crippen LogP contribution in [0.3, 0.4) is 0 Å². The Kier molecular flexibility index (Phi) is 3.69. The fraction of sp³-hybridized carbons (Fsp3) is 0.381. The standard InChI is InChI=1S/C21H24N2O/c1-14-6-5-8-17-12-13-21(20(14)17,22-15(2)24)23-19-11-10-16-7-3-4-9-18(16)19/h3-9,19,23H,10-13H2,1-2H3,(H,22,24). The lowest BCUT2D eigenvalue weighted by atomic mass is 9.94. The van der Waals surface area contributed by atoms with Crippen molar-refractivity contribution in [3.63, 3.8) is 0 Å². The number of benzene rings is 2. The first-order valence-electron chi connectivity index (χ1n) is 8.82. The summed E-state index contributed by atoms with van der Waals surface area (Å²) in [5, 5.41) is 7.10. The Morgan fingerprint density at radius 1 is 1.08 bits per heavy atom. The van der Waals surface area contributed by atoms with Crippen LogP contribution in [0.5, 0.6) is 0 Å². The highest BCUT2D eigenvalue weighted by Crippen LogP contribution is 2.41. The number of aryl methyl sites for hydroxylation is 3. The van der Waals surface area contributed by atoms with Crippen molar-refractivity contribution >= 4 is 5.91 Å². The van der Waals surface area contributed by atoms with Gasteiger partial charge in [0.2, 0.25) is 5.91 Å². The molecule has 3 nitrogen and oxygen atoms in total. The van der Waals surface area contributed by atoms with Gasteiger partial charge >= 0.3 is 0 Å². The second-order valence-corrected chi connectivity index (χ2v) is 7.13. The Hall–Kier alpha value is -2.13. The minimum absolute atomic E-state index is 0.0184. The van der Waals surface area contributed by atoms with Crippen molar-refractivity contribution in [3.8, 4) is 0 Å². The van der Waals surface area contributed by atoms with Crippen LogP contribution >= 0.6 is 0 Å². The summed E-state index contributed by atoms with van der Waals surface area (Å²) in [4.78, 5) is 12.0. The SMILES string of the molecule is CC(=O)NC1(NC2CCc3ccccc32)CCc2cccc(C)c21. The van der Waals surface area contributed by atoms with Gasteiger partial charge in [0.05, 0.1) is 0 Å². The maximum atomic E-state index is 12.0. The summed E-state index contributed by atoms with van der Waals surface area (Å²) in [5.41, 5.74) is 6.22. The van der Waals surface area contributed by atoms with Gasteiger partial charge in [-0.1, -0.05) is 42.5 Å². The predicted molar refractivity (Wildman–Crippen MR) is 95.6 cm³/mol. The summed E-state index contributed by atoms with van der Waals surface area (Å²) in [6, 6.07) is 15.4. The summed E-state index contributed by atoms with van der Waals surface area (Å²) < 4.78 is 0. The Bertz CT molecular complexity index is 798. The third-order valence-corrected chi connectivity index (χ3v) is 5.50. The van der Waals surface area contributed by atoms with Gasteiger partial charge in [-0.2, -0.15) is 0 Å². The van der Waals surface area contributed by atoms with Crippen molar-refractivity contribution in [1.29, 1.82) is 0 Å². The normalized spacial score (nSPS) is 24.5. The second-order valence-electron chi connectivity index (χ2n) is 7.13. The number of fused-ring (bicyclic) bond motifs is 2. The van der Waals surface area contributed by atoms with E-state index in [0.29, 0.717) is 6.04 Å². The number of carbonyl (C=O) groups excluding carboxylic acids is 1. The molecule has 2 aromatic rings. The lowest BCUT2D eigenvalue weighted by Crippen LogP contribution is -2.55. The highest BCUT2D eigenvalue weighted by molar-refractivity contribution is 5.74. The van der Waals surface area contributed by atoms with E-state index < -0.39 is 5.66 Å². The Morgan fingerprint density at radius 2 is 1.88 bits per heavy atom. The zero-order chi connectivity index (χ0) is 16.7. The molecular formula is C21H24N2O. The third kappa shape index (κ3) is 2.44. The van der Waals surface area contributed by atoms with E-state index in [9.17, 15) is 4.79 Å². The molecule has 2 aliphatic carbocycles. The molecule has 2 N–H and O–H groups in total. The largest absolute Gasteiger partial charge is 0.334 e. The Morgan fingerprint density at radius 3 is 2.71 bits per heavy atom. The molecule has 24 heavy (non-hydrogen) atoms. The van der Waals surface area contributed by atoms with Gasteiger partial charge in [0.25, 0.3) is 0 Å². The van der Waals surface area contributed by atoms with E-state index in [0.717, 1.165) is 25.7 Å². The van der Waals surface area contributed by atoms with Crippen molar-refractivity contribution in [2.24, 2.45) is 0 Å². The maximum Gasteiger partial charge on any atom is 0.218 e. The smallest absolute Gasteiger partial charge is 0.218 e. The average Bonchev–Trinajstić information content (AvgIpc) is 3.11. The molecule has 0 fully saturated rings. The average molecular weight is 320 g/mol. The molecule has 1 amide bonds. The van der Waals surface area contributed by atoms with E-state index in [1.54, 1.807) is 6.92 Å². The minimum atomic E-state index is -0.450. The first-order chi connectivity index (χ1) is 11.6. The summed E-state index contributed by atoms with van der Waals surface area (Å²) in [6.07, 6.45) is 4.09. The molecular weight excluding hydrogens is 296 g/mol. The number of hydrogen-bond donors (Lipinski definition) is 2. The fourth-order valence-corrected chi connectivity index (χ4v) is 4.61. The molecule has 0 radical (unpaired) electrons.